The SMILES string of the molecule is Cc1ccc(S(=O)(=O)OCCCCC[Si](C)(O[Si](C)(C)C)O[Si](C)(C)C)cc1. The Morgan fingerprint density at radius 2 is 1.29 bits per heavy atom. The van der Waals surface area contributed by atoms with Crippen molar-refractivity contribution in [3.05, 3.63) is 29.8 Å². The quantitative estimate of drug-likeness (QED) is 0.228. The van der Waals surface area contributed by atoms with Gasteiger partial charge >= 0.3 is 8.56 Å². The Labute approximate surface area is 175 Å². The zero-order valence-electron chi connectivity index (χ0n) is 18.8. The lowest BCUT2D eigenvalue weighted by Gasteiger charge is -2.38. The van der Waals surface area contributed by atoms with Crippen molar-refractivity contribution in [2.75, 3.05) is 6.61 Å². The van der Waals surface area contributed by atoms with Gasteiger partial charge in [0.15, 0.2) is 16.6 Å². The normalized spacial score (nSPS) is 13.7. The maximum atomic E-state index is 12.2. The molecule has 0 saturated heterocycles. The molecule has 0 aromatic heterocycles. The van der Waals surface area contributed by atoms with E-state index in [1.807, 2.05) is 6.92 Å². The van der Waals surface area contributed by atoms with Crippen LogP contribution in [0, 0.1) is 6.92 Å². The number of aryl methyl sites for hydroxylation is 1. The molecule has 9 heteroatoms. The second kappa shape index (κ2) is 10.1. The molecule has 0 aliphatic carbocycles. The number of hydrogen-bond donors (Lipinski definition) is 0. The summed E-state index contributed by atoms with van der Waals surface area (Å²) in [6, 6.07) is 7.66. The maximum Gasteiger partial charge on any atom is 0.314 e. The number of unbranched alkanes of at least 4 members (excludes halogenated alkanes) is 2. The van der Waals surface area contributed by atoms with Gasteiger partial charge in [0.1, 0.15) is 0 Å². The fraction of sp³-hybridized carbons (Fsp3) is 0.684. The average molecular weight is 463 g/mol. The summed E-state index contributed by atoms with van der Waals surface area (Å²) >= 11 is 0. The fourth-order valence-corrected chi connectivity index (χ4v) is 16.6. The molecule has 0 N–H and O–H groups in total. The van der Waals surface area contributed by atoms with Crippen molar-refractivity contribution >= 4 is 35.3 Å². The first kappa shape index (κ1) is 25.7. The lowest BCUT2D eigenvalue weighted by Crippen LogP contribution is -2.52. The zero-order chi connectivity index (χ0) is 21.6. The monoisotopic (exact) mass is 462 g/mol. The van der Waals surface area contributed by atoms with E-state index in [4.69, 9.17) is 12.4 Å². The Balaban J connectivity index is 2.47. The molecule has 28 heavy (non-hydrogen) atoms. The Hall–Kier alpha value is -0.299. The van der Waals surface area contributed by atoms with Crippen LogP contribution < -0.4 is 0 Å². The lowest BCUT2D eigenvalue weighted by molar-refractivity contribution is 0.306. The van der Waals surface area contributed by atoms with Crippen molar-refractivity contribution in [2.24, 2.45) is 0 Å². The van der Waals surface area contributed by atoms with Gasteiger partial charge in [-0.05, 0) is 77.4 Å². The molecule has 0 aliphatic heterocycles. The van der Waals surface area contributed by atoms with Crippen LogP contribution in [-0.4, -0.2) is 40.2 Å². The second-order valence-electron chi connectivity index (χ2n) is 9.46. The molecule has 1 aromatic rings. The van der Waals surface area contributed by atoms with Crippen molar-refractivity contribution in [2.45, 2.75) is 83.0 Å². The standard InChI is InChI=1S/C19H38O5SSi3/c1-18-12-14-19(15-13-18)25(20,21)22-16-10-9-11-17-28(8,23-26(2,3)4)24-27(5,6)7/h12-15H,9-11,16-17H2,1-8H3. The van der Waals surface area contributed by atoms with Gasteiger partial charge in [0, 0.05) is 0 Å². The minimum Gasteiger partial charge on any atom is -0.437 e. The number of benzene rings is 1. The van der Waals surface area contributed by atoms with E-state index < -0.39 is 35.3 Å². The Kier molecular flexibility index (Phi) is 9.32. The summed E-state index contributed by atoms with van der Waals surface area (Å²) in [6.45, 7) is 17.5. The molecule has 5 nitrogen and oxygen atoms in total. The topological polar surface area (TPSA) is 61.8 Å². The summed E-state index contributed by atoms with van der Waals surface area (Å²) in [5.41, 5.74) is 1.02. The van der Waals surface area contributed by atoms with Crippen molar-refractivity contribution in [1.29, 1.82) is 0 Å². The molecule has 0 aliphatic rings. The molecule has 0 bridgehead atoms. The smallest absolute Gasteiger partial charge is 0.314 e. The van der Waals surface area contributed by atoms with Crippen LogP contribution >= 0.6 is 0 Å². The molecular weight excluding hydrogens is 425 g/mol. The van der Waals surface area contributed by atoms with E-state index in [2.05, 4.69) is 45.8 Å². The van der Waals surface area contributed by atoms with Crippen LogP contribution in [0.15, 0.2) is 29.2 Å². The van der Waals surface area contributed by atoms with E-state index in [0.29, 0.717) is 6.42 Å². The highest BCUT2D eigenvalue weighted by atomic mass is 32.2. The molecule has 1 aromatic carbocycles. The average Bonchev–Trinajstić information content (AvgIpc) is 2.47. The molecule has 0 fully saturated rings. The highest BCUT2D eigenvalue weighted by Gasteiger charge is 2.39. The first-order valence-corrected chi connectivity index (χ1v) is 20.7. The molecular formula is C19H38O5SSi3. The van der Waals surface area contributed by atoms with Gasteiger partial charge in [-0.3, -0.25) is 4.18 Å². The zero-order valence-corrected chi connectivity index (χ0v) is 22.6. The third-order valence-electron chi connectivity index (χ3n) is 3.87. The molecule has 0 unspecified atom stereocenters. The summed E-state index contributed by atoms with van der Waals surface area (Å²) in [6.07, 6.45) is 2.57. The van der Waals surface area contributed by atoms with Gasteiger partial charge < -0.3 is 8.23 Å². The number of hydrogen-bond acceptors (Lipinski definition) is 5. The van der Waals surface area contributed by atoms with Crippen LogP contribution in [0.1, 0.15) is 24.8 Å². The second-order valence-corrected chi connectivity index (χ2v) is 23.9. The maximum absolute atomic E-state index is 12.2. The van der Waals surface area contributed by atoms with Crippen LogP contribution in [0.2, 0.25) is 51.9 Å². The predicted molar refractivity (Wildman–Crippen MR) is 123 cm³/mol. The van der Waals surface area contributed by atoms with Crippen LogP contribution in [0.3, 0.4) is 0 Å². The minimum atomic E-state index is -3.67. The molecule has 0 saturated carbocycles. The van der Waals surface area contributed by atoms with Gasteiger partial charge in [-0.25, -0.2) is 0 Å². The van der Waals surface area contributed by atoms with Crippen LogP contribution in [-0.2, 0) is 22.5 Å². The van der Waals surface area contributed by atoms with Crippen molar-refractivity contribution in [3.63, 3.8) is 0 Å². The van der Waals surface area contributed by atoms with Crippen molar-refractivity contribution in [3.8, 4) is 0 Å². The summed E-state index contributed by atoms with van der Waals surface area (Å²) < 4.78 is 42.6. The molecule has 162 valence electrons. The summed E-state index contributed by atoms with van der Waals surface area (Å²) in [7, 11) is -9.24. The molecule has 0 amide bonds. The van der Waals surface area contributed by atoms with Crippen LogP contribution in [0.25, 0.3) is 0 Å². The molecule has 0 radical (unpaired) electrons. The van der Waals surface area contributed by atoms with Gasteiger partial charge in [-0.1, -0.05) is 30.5 Å². The summed E-state index contributed by atoms with van der Waals surface area (Å²) in [4.78, 5) is 0.213. The molecule has 0 atom stereocenters. The summed E-state index contributed by atoms with van der Waals surface area (Å²) in [5, 5.41) is 0. The van der Waals surface area contributed by atoms with Gasteiger partial charge in [-0.2, -0.15) is 8.42 Å². The number of rotatable bonds is 12. The van der Waals surface area contributed by atoms with Crippen molar-refractivity contribution < 1.29 is 20.8 Å². The van der Waals surface area contributed by atoms with Gasteiger partial charge in [0.2, 0.25) is 0 Å². The van der Waals surface area contributed by atoms with E-state index >= 15 is 0 Å². The highest BCUT2D eigenvalue weighted by molar-refractivity contribution is 7.86. The van der Waals surface area contributed by atoms with Crippen molar-refractivity contribution in [1.82, 2.24) is 0 Å². The lowest BCUT2D eigenvalue weighted by atomic mass is 10.2. The van der Waals surface area contributed by atoms with Crippen LogP contribution in [0.4, 0.5) is 0 Å². The highest BCUT2D eigenvalue weighted by Crippen LogP contribution is 2.26. The van der Waals surface area contributed by atoms with E-state index in [-0.39, 0.29) is 11.5 Å². The van der Waals surface area contributed by atoms with E-state index in [1.54, 1.807) is 24.3 Å². The Morgan fingerprint density at radius 3 is 1.75 bits per heavy atom. The first-order chi connectivity index (χ1) is 12.6. The van der Waals surface area contributed by atoms with Crippen LogP contribution in [0.5, 0.6) is 0 Å². The third kappa shape index (κ3) is 10.5. The summed E-state index contributed by atoms with van der Waals surface area (Å²) in [5.74, 6) is 0. The van der Waals surface area contributed by atoms with E-state index in [9.17, 15) is 8.42 Å². The minimum absolute atomic E-state index is 0.207. The Bertz CT molecular complexity index is 691. The van der Waals surface area contributed by atoms with Gasteiger partial charge in [0.25, 0.3) is 10.1 Å². The fourth-order valence-electron chi connectivity index (χ4n) is 3.08. The molecule has 0 heterocycles. The van der Waals surface area contributed by atoms with E-state index in [0.717, 1.165) is 24.4 Å². The Morgan fingerprint density at radius 1 is 0.786 bits per heavy atom. The molecule has 0 spiro atoms. The first-order valence-electron chi connectivity index (χ1n) is 9.98. The van der Waals surface area contributed by atoms with E-state index in [1.165, 1.54) is 0 Å². The largest absolute Gasteiger partial charge is 0.437 e. The van der Waals surface area contributed by atoms with Gasteiger partial charge in [0.05, 0.1) is 11.5 Å². The predicted octanol–water partition coefficient (Wildman–Crippen LogP) is 5.65. The third-order valence-corrected chi connectivity index (χ3v) is 14.8. The molecule has 1 rings (SSSR count). The van der Waals surface area contributed by atoms with Gasteiger partial charge in [-0.15, -0.1) is 0 Å².